The molecule has 0 amide bonds. The number of halogens is 1. The summed E-state index contributed by atoms with van der Waals surface area (Å²) >= 11 is 6.37. The Hall–Kier alpha value is -2.70. The summed E-state index contributed by atoms with van der Waals surface area (Å²) in [7, 11) is 4.12. The molecule has 0 aliphatic heterocycles. The van der Waals surface area contributed by atoms with Crippen LogP contribution >= 0.6 is 11.6 Å². The van der Waals surface area contributed by atoms with Crippen molar-refractivity contribution in [3.8, 4) is 11.3 Å². The highest BCUT2D eigenvalue weighted by Crippen LogP contribution is 2.28. The number of benzene rings is 1. The third kappa shape index (κ3) is 5.65. The predicted molar refractivity (Wildman–Crippen MR) is 116 cm³/mol. The van der Waals surface area contributed by atoms with E-state index in [0.717, 1.165) is 42.0 Å². The minimum absolute atomic E-state index is 0.575. The van der Waals surface area contributed by atoms with E-state index >= 15 is 0 Å². The van der Waals surface area contributed by atoms with Gasteiger partial charge in [-0.1, -0.05) is 17.7 Å². The molecule has 1 aromatic carbocycles. The van der Waals surface area contributed by atoms with Gasteiger partial charge >= 0.3 is 0 Å². The molecule has 0 aliphatic carbocycles. The average molecular weight is 397 g/mol. The smallest absolute Gasteiger partial charge is 0.225 e. The number of aromatic nitrogens is 3. The third-order valence-corrected chi connectivity index (χ3v) is 4.45. The van der Waals surface area contributed by atoms with Gasteiger partial charge in [-0.25, -0.2) is 4.98 Å². The van der Waals surface area contributed by atoms with Crippen molar-refractivity contribution >= 4 is 29.1 Å². The van der Waals surface area contributed by atoms with Crippen LogP contribution in [0.15, 0.2) is 48.8 Å². The third-order valence-electron chi connectivity index (χ3n) is 4.14. The van der Waals surface area contributed by atoms with Gasteiger partial charge < -0.3 is 15.5 Å². The highest BCUT2D eigenvalue weighted by Gasteiger charge is 2.09. The first-order valence-corrected chi connectivity index (χ1v) is 9.60. The van der Waals surface area contributed by atoms with E-state index in [0.29, 0.717) is 16.8 Å². The van der Waals surface area contributed by atoms with Crippen LogP contribution in [0.25, 0.3) is 11.3 Å². The first kappa shape index (κ1) is 20.0. The minimum Gasteiger partial charge on any atom is -0.354 e. The number of hydrogen-bond acceptors (Lipinski definition) is 6. The molecule has 146 valence electrons. The molecule has 0 fully saturated rings. The van der Waals surface area contributed by atoms with Crippen molar-refractivity contribution in [2.45, 2.75) is 13.3 Å². The van der Waals surface area contributed by atoms with Gasteiger partial charge in [-0.2, -0.15) is 4.98 Å². The van der Waals surface area contributed by atoms with Gasteiger partial charge in [-0.05, 0) is 63.8 Å². The quantitative estimate of drug-likeness (QED) is 0.542. The van der Waals surface area contributed by atoms with E-state index in [1.807, 2.05) is 43.3 Å². The van der Waals surface area contributed by atoms with Crippen molar-refractivity contribution in [2.75, 3.05) is 37.8 Å². The average Bonchev–Trinajstić information content (AvgIpc) is 2.68. The zero-order valence-corrected chi connectivity index (χ0v) is 17.2. The van der Waals surface area contributed by atoms with Crippen molar-refractivity contribution < 1.29 is 0 Å². The van der Waals surface area contributed by atoms with Crippen LogP contribution in [0.3, 0.4) is 0 Å². The number of aryl methyl sites for hydroxylation is 1. The molecule has 7 heteroatoms. The van der Waals surface area contributed by atoms with E-state index < -0.39 is 0 Å². The van der Waals surface area contributed by atoms with Gasteiger partial charge in [-0.15, -0.1) is 0 Å². The summed E-state index contributed by atoms with van der Waals surface area (Å²) < 4.78 is 0. The van der Waals surface area contributed by atoms with Gasteiger partial charge in [0.05, 0.1) is 16.4 Å². The fourth-order valence-electron chi connectivity index (χ4n) is 2.71. The molecule has 0 atom stereocenters. The molecular formula is C21H25ClN6. The van der Waals surface area contributed by atoms with Crippen molar-refractivity contribution in [3.05, 3.63) is 59.4 Å². The Morgan fingerprint density at radius 1 is 1.11 bits per heavy atom. The van der Waals surface area contributed by atoms with E-state index in [9.17, 15) is 0 Å². The van der Waals surface area contributed by atoms with Crippen LogP contribution in [0.5, 0.6) is 0 Å². The Balaban J connectivity index is 1.86. The Bertz CT molecular complexity index is 914. The predicted octanol–water partition coefficient (Wildman–Crippen LogP) is 4.61. The first-order chi connectivity index (χ1) is 13.5. The first-order valence-electron chi connectivity index (χ1n) is 9.22. The number of pyridine rings is 1. The SMILES string of the molecule is Cc1ccc(Nc2cc(-c3cccnc3)nc(NCCCN(C)C)n2)c(Cl)c1. The molecule has 3 rings (SSSR count). The zero-order chi connectivity index (χ0) is 19.9. The zero-order valence-electron chi connectivity index (χ0n) is 16.4. The van der Waals surface area contributed by atoms with Crippen LogP contribution in [-0.2, 0) is 0 Å². The molecule has 2 aromatic heterocycles. The molecule has 0 radical (unpaired) electrons. The second kappa shape index (κ2) is 9.48. The van der Waals surface area contributed by atoms with Gasteiger partial charge in [0.2, 0.25) is 5.95 Å². The van der Waals surface area contributed by atoms with Gasteiger partial charge in [0, 0.05) is 30.6 Å². The van der Waals surface area contributed by atoms with Crippen LogP contribution in [-0.4, -0.2) is 47.0 Å². The standard InChI is InChI=1S/C21H25ClN6/c1-15-7-8-18(17(22)12-15)25-20-13-19(16-6-4-9-23-14-16)26-21(27-20)24-10-5-11-28(2)3/h4,6-9,12-14H,5,10-11H2,1-3H3,(H2,24,25,26,27). The van der Waals surface area contributed by atoms with E-state index in [1.54, 1.807) is 12.4 Å². The number of rotatable bonds is 8. The molecule has 0 bridgehead atoms. The molecule has 0 aliphatic rings. The maximum Gasteiger partial charge on any atom is 0.225 e. The van der Waals surface area contributed by atoms with Crippen LogP contribution in [0.1, 0.15) is 12.0 Å². The fourth-order valence-corrected chi connectivity index (χ4v) is 2.99. The largest absolute Gasteiger partial charge is 0.354 e. The molecule has 2 N–H and O–H groups in total. The van der Waals surface area contributed by atoms with E-state index in [-0.39, 0.29) is 0 Å². The monoisotopic (exact) mass is 396 g/mol. The molecule has 3 aromatic rings. The maximum absolute atomic E-state index is 6.37. The molecular weight excluding hydrogens is 372 g/mol. The number of anilines is 3. The summed E-state index contributed by atoms with van der Waals surface area (Å²) in [5, 5.41) is 7.28. The lowest BCUT2D eigenvalue weighted by Gasteiger charge is -2.13. The van der Waals surface area contributed by atoms with Crippen LogP contribution in [0.4, 0.5) is 17.5 Å². The Morgan fingerprint density at radius 2 is 1.96 bits per heavy atom. The summed E-state index contributed by atoms with van der Waals surface area (Å²) in [6.45, 7) is 3.80. The summed E-state index contributed by atoms with van der Waals surface area (Å²) in [6, 6.07) is 11.7. The molecule has 6 nitrogen and oxygen atoms in total. The maximum atomic E-state index is 6.37. The highest BCUT2D eigenvalue weighted by atomic mass is 35.5. The second-order valence-electron chi connectivity index (χ2n) is 6.90. The van der Waals surface area contributed by atoms with E-state index in [1.165, 1.54) is 0 Å². The number of nitrogens with zero attached hydrogens (tertiary/aromatic N) is 4. The lowest BCUT2D eigenvalue weighted by Crippen LogP contribution is -2.17. The molecule has 0 unspecified atom stereocenters. The highest BCUT2D eigenvalue weighted by molar-refractivity contribution is 6.33. The summed E-state index contributed by atoms with van der Waals surface area (Å²) in [5.41, 5.74) is 3.64. The summed E-state index contributed by atoms with van der Waals surface area (Å²) in [5.74, 6) is 1.25. The Morgan fingerprint density at radius 3 is 2.68 bits per heavy atom. The summed E-state index contributed by atoms with van der Waals surface area (Å²) in [6.07, 6.45) is 4.54. The van der Waals surface area contributed by atoms with Crippen molar-refractivity contribution in [2.24, 2.45) is 0 Å². The van der Waals surface area contributed by atoms with Gasteiger partial charge in [0.25, 0.3) is 0 Å². The van der Waals surface area contributed by atoms with Crippen LogP contribution in [0, 0.1) is 6.92 Å². The van der Waals surface area contributed by atoms with E-state index in [4.69, 9.17) is 11.6 Å². The molecule has 28 heavy (non-hydrogen) atoms. The van der Waals surface area contributed by atoms with Crippen molar-refractivity contribution in [3.63, 3.8) is 0 Å². The van der Waals surface area contributed by atoms with E-state index in [2.05, 4.69) is 44.6 Å². The topological polar surface area (TPSA) is 66.0 Å². The molecule has 0 saturated carbocycles. The second-order valence-corrected chi connectivity index (χ2v) is 7.30. The van der Waals surface area contributed by atoms with Gasteiger partial charge in [-0.3, -0.25) is 4.98 Å². The van der Waals surface area contributed by atoms with Crippen molar-refractivity contribution in [1.29, 1.82) is 0 Å². The molecule has 2 heterocycles. The minimum atomic E-state index is 0.575. The number of hydrogen-bond donors (Lipinski definition) is 2. The van der Waals surface area contributed by atoms with Crippen LogP contribution in [0.2, 0.25) is 5.02 Å². The lowest BCUT2D eigenvalue weighted by atomic mass is 10.2. The van der Waals surface area contributed by atoms with Gasteiger partial charge in [0.15, 0.2) is 0 Å². The fraction of sp³-hybridized carbons (Fsp3) is 0.286. The molecule has 0 saturated heterocycles. The molecule has 0 spiro atoms. The van der Waals surface area contributed by atoms with Gasteiger partial charge in [0.1, 0.15) is 5.82 Å². The Labute approximate surface area is 171 Å². The normalized spacial score (nSPS) is 10.9. The summed E-state index contributed by atoms with van der Waals surface area (Å²) in [4.78, 5) is 15.6. The Kier molecular flexibility index (Phi) is 6.79. The van der Waals surface area contributed by atoms with Crippen LogP contribution < -0.4 is 10.6 Å². The number of nitrogens with one attached hydrogen (secondary N) is 2. The lowest BCUT2D eigenvalue weighted by molar-refractivity contribution is 0.405. The van der Waals surface area contributed by atoms with Crippen molar-refractivity contribution in [1.82, 2.24) is 19.9 Å².